The number of hydrogen-bond donors (Lipinski definition) is 2. The Morgan fingerprint density at radius 1 is 1.57 bits per heavy atom. The molecule has 0 saturated carbocycles. The summed E-state index contributed by atoms with van der Waals surface area (Å²) >= 11 is 1.36. The van der Waals surface area contributed by atoms with Crippen LogP contribution in [0.25, 0.3) is 0 Å². The molecular weight excluding hydrogens is 294 g/mol. The number of likely N-dealkylation sites (N-methyl/N-ethyl adjacent to an activating group) is 1. The normalized spacial score (nSPS) is 21.7. The number of carboxylic acid groups (broad SMARTS) is 1. The van der Waals surface area contributed by atoms with Crippen LogP contribution in [0.1, 0.15) is 19.5 Å². The molecule has 0 radical (unpaired) electrons. The molecule has 1 saturated heterocycles. The fraction of sp³-hybridized carbons (Fsp3) is 0.615. The summed E-state index contributed by atoms with van der Waals surface area (Å²) in [5, 5.41) is 14.3. The maximum absolute atomic E-state index is 11.2. The molecule has 0 aliphatic carbocycles. The van der Waals surface area contributed by atoms with E-state index in [4.69, 9.17) is 4.74 Å². The zero-order chi connectivity index (χ0) is 15.4. The summed E-state index contributed by atoms with van der Waals surface area (Å²) in [6, 6.07) is -0.140. The second-order valence-electron chi connectivity index (χ2n) is 4.94. The molecule has 1 amide bonds. The number of aromatic nitrogens is 1. The van der Waals surface area contributed by atoms with E-state index in [2.05, 4.69) is 15.2 Å². The smallest absolute Gasteiger partial charge is 0.310 e. The van der Waals surface area contributed by atoms with E-state index in [0.29, 0.717) is 24.8 Å². The molecule has 1 aromatic heterocycles. The highest BCUT2D eigenvalue weighted by Crippen LogP contribution is 2.23. The Balaban J connectivity index is 2.03. The van der Waals surface area contributed by atoms with Crippen molar-refractivity contribution in [3.05, 3.63) is 11.1 Å². The predicted octanol–water partition coefficient (Wildman–Crippen LogP) is 1.02. The van der Waals surface area contributed by atoms with Gasteiger partial charge in [-0.25, -0.2) is 4.98 Å². The molecule has 2 atom stereocenters. The number of rotatable bonds is 6. The van der Waals surface area contributed by atoms with Crippen LogP contribution in [0.15, 0.2) is 5.38 Å². The van der Waals surface area contributed by atoms with Gasteiger partial charge in [0.05, 0.1) is 24.8 Å². The molecule has 2 unspecified atom stereocenters. The SMILES string of the molecule is CCN(Cc1csc(NC(C)=O)n1)C1COCC1C(=O)O. The van der Waals surface area contributed by atoms with E-state index in [1.54, 1.807) is 0 Å². The van der Waals surface area contributed by atoms with Gasteiger partial charge in [-0.3, -0.25) is 14.5 Å². The summed E-state index contributed by atoms with van der Waals surface area (Å²) in [6.07, 6.45) is 0. The average Bonchev–Trinajstić information content (AvgIpc) is 3.04. The van der Waals surface area contributed by atoms with E-state index in [-0.39, 0.29) is 18.6 Å². The van der Waals surface area contributed by atoms with Gasteiger partial charge in [-0.1, -0.05) is 6.92 Å². The first-order valence-electron chi connectivity index (χ1n) is 6.77. The first kappa shape index (κ1) is 15.9. The number of carbonyl (C=O) groups is 2. The van der Waals surface area contributed by atoms with Crippen molar-refractivity contribution >= 4 is 28.3 Å². The van der Waals surface area contributed by atoms with Crippen LogP contribution in [0, 0.1) is 5.92 Å². The van der Waals surface area contributed by atoms with Gasteiger partial charge in [-0.15, -0.1) is 11.3 Å². The van der Waals surface area contributed by atoms with Crippen LogP contribution < -0.4 is 5.32 Å². The fourth-order valence-electron chi connectivity index (χ4n) is 2.40. The molecule has 0 aromatic carbocycles. The second kappa shape index (κ2) is 6.97. The Hall–Kier alpha value is -1.51. The molecule has 2 heterocycles. The van der Waals surface area contributed by atoms with Gasteiger partial charge < -0.3 is 15.2 Å². The zero-order valence-electron chi connectivity index (χ0n) is 12.0. The maximum atomic E-state index is 11.2. The molecule has 21 heavy (non-hydrogen) atoms. The van der Waals surface area contributed by atoms with Crippen LogP contribution in [0.3, 0.4) is 0 Å². The number of thiazole rings is 1. The third-order valence-corrected chi connectivity index (χ3v) is 4.25. The monoisotopic (exact) mass is 313 g/mol. The van der Waals surface area contributed by atoms with E-state index in [9.17, 15) is 14.7 Å². The second-order valence-corrected chi connectivity index (χ2v) is 5.80. The molecule has 8 heteroatoms. The fourth-order valence-corrected chi connectivity index (χ4v) is 3.15. The first-order chi connectivity index (χ1) is 10.0. The van der Waals surface area contributed by atoms with Gasteiger partial charge in [-0.05, 0) is 6.54 Å². The topological polar surface area (TPSA) is 91.8 Å². The molecule has 1 fully saturated rings. The van der Waals surface area contributed by atoms with Crippen molar-refractivity contribution in [1.29, 1.82) is 0 Å². The van der Waals surface area contributed by atoms with E-state index in [1.165, 1.54) is 18.3 Å². The highest BCUT2D eigenvalue weighted by molar-refractivity contribution is 7.13. The minimum absolute atomic E-state index is 0.140. The van der Waals surface area contributed by atoms with Gasteiger partial charge in [0, 0.05) is 24.9 Å². The lowest BCUT2D eigenvalue weighted by Gasteiger charge is -2.28. The quantitative estimate of drug-likeness (QED) is 0.815. The number of hydrogen-bond acceptors (Lipinski definition) is 6. The molecule has 0 bridgehead atoms. The molecule has 1 aliphatic heterocycles. The Morgan fingerprint density at radius 2 is 2.33 bits per heavy atom. The summed E-state index contributed by atoms with van der Waals surface area (Å²) < 4.78 is 5.31. The number of nitrogens with zero attached hydrogens (tertiary/aromatic N) is 2. The Bertz CT molecular complexity index is 519. The van der Waals surface area contributed by atoms with Crippen molar-refractivity contribution in [2.75, 3.05) is 25.1 Å². The lowest BCUT2D eigenvalue weighted by atomic mass is 10.0. The molecule has 1 aromatic rings. The van der Waals surface area contributed by atoms with Gasteiger partial charge >= 0.3 is 5.97 Å². The van der Waals surface area contributed by atoms with Gasteiger partial charge in [0.2, 0.25) is 5.91 Å². The third-order valence-electron chi connectivity index (χ3n) is 3.44. The zero-order valence-corrected chi connectivity index (χ0v) is 12.9. The predicted molar refractivity (Wildman–Crippen MR) is 78.2 cm³/mol. The molecule has 0 spiro atoms. The van der Waals surface area contributed by atoms with Crippen molar-refractivity contribution in [3.8, 4) is 0 Å². The Morgan fingerprint density at radius 3 is 2.95 bits per heavy atom. The number of nitrogens with one attached hydrogen (secondary N) is 1. The molecule has 7 nitrogen and oxygen atoms in total. The van der Waals surface area contributed by atoms with Gasteiger partial charge in [0.1, 0.15) is 0 Å². The number of anilines is 1. The number of aliphatic carboxylic acids is 1. The first-order valence-corrected chi connectivity index (χ1v) is 7.65. The number of ether oxygens (including phenoxy) is 1. The summed E-state index contributed by atoms with van der Waals surface area (Å²) in [7, 11) is 0. The van der Waals surface area contributed by atoms with Crippen LogP contribution in [-0.4, -0.2) is 52.7 Å². The van der Waals surface area contributed by atoms with E-state index in [0.717, 1.165) is 5.69 Å². The third kappa shape index (κ3) is 3.99. The van der Waals surface area contributed by atoms with Gasteiger partial charge in [0.15, 0.2) is 5.13 Å². The average molecular weight is 313 g/mol. The minimum Gasteiger partial charge on any atom is -0.481 e. The summed E-state index contributed by atoms with van der Waals surface area (Å²) in [6.45, 7) is 5.36. The van der Waals surface area contributed by atoms with Crippen LogP contribution in [-0.2, 0) is 20.9 Å². The highest BCUT2D eigenvalue weighted by Gasteiger charge is 2.37. The molecule has 2 N–H and O–H groups in total. The van der Waals surface area contributed by atoms with Gasteiger partial charge in [0.25, 0.3) is 0 Å². The van der Waals surface area contributed by atoms with Gasteiger partial charge in [-0.2, -0.15) is 0 Å². The Kier molecular flexibility index (Phi) is 5.27. The number of carboxylic acids is 1. The van der Waals surface area contributed by atoms with Crippen LogP contribution in [0.4, 0.5) is 5.13 Å². The highest BCUT2D eigenvalue weighted by atomic mass is 32.1. The van der Waals surface area contributed by atoms with E-state index >= 15 is 0 Å². The van der Waals surface area contributed by atoms with Crippen LogP contribution in [0.2, 0.25) is 0 Å². The minimum atomic E-state index is -0.826. The van der Waals surface area contributed by atoms with Crippen molar-refractivity contribution in [2.45, 2.75) is 26.4 Å². The van der Waals surface area contributed by atoms with Crippen LogP contribution >= 0.6 is 11.3 Å². The maximum Gasteiger partial charge on any atom is 0.310 e. The summed E-state index contributed by atoms with van der Waals surface area (Å²) in [5.41, 5.74) is 0.821. The van der Waals surface area contributed by atoms with Crippen molar-refractivity contribution in [1.82, 2.24) is 9.88 Å². The molecule has 1 aliphatic rings. The molecule has 2 rings (SSSR count). The summed E-state index contributed by atoms with van der Waals surface area (Å²) in [4.78, 5) is 28.6. The molecule has 116 valence electrons. The summed E-state index contributed by atoms with van der Waals surface area (Å²) in [5.74, 6) is -1.48. The van der Waals surface area contributed by atoms with Crippen molar-refractivity contribution in [3.63, 3.8) is 0 Å². The van der Waals surface area contributed by atoms with Crippen molar-refractivity contribution < 1.29 is 19.4 Å². The van der Waals surface area contributed by atoms with E-state index in [1.807, 2.05) is 12.3 Å². The van der Waals surface area contributed by atoms with Crippen LogP contribution in [0.5, 0.6) is 0 Å². The number of carbonyl (C=O) groups excluding carboxylic acids is 1. The molecular formula is C13H19N3O4S. The van der Waals surface area contributed by atoms with Crippen molar-refractivity contribution in [2.24, 2.45) is 5.92 Å². The number of amides is 1. The lowest BCUT2D eigenvalue weighted by molar-refractivity contribution is -0.143. The standard InChI is InChI=1S/C13H19N3O4S/c1-3-16(11-6-20-5-10(11)12(18)19)4-9-7-21-13(15-9)14-8(2)17/h7,10-11H,3-6H2,1-2H3,(H,18,19)(H,14,15,17). The largest absolute Gasteiger partial charge is 0.481 e. The lowest BCUT2D eigenvalue weighted by Crippen LogP contribution is -2.42. The Labute approximate surface area is 126 Å². The van der Waals surface area contributed by atoms with E-state index < -0.39 is 11.9 Å².